The summed E-state index contributed by atoms with van der Waals surface area (Å²) < 4.78 is 0. The molecule has 1 aliphatic heterocycles. The summed E-state index contributed by atoms with van der Waals surface area (Å²) in [7, 11) is 0. The summed E-state index contributed by atoms with van der Waals surface area (Å²) in [5, 5.41) is 5.08. The second kappa shape index (κ2) is 13.9. The first-order valence-electron chi connectivity index (χ1n) is 9.96. The Balaban J connectivity index is -0.00000127. The molecule has 0 radical (unpaired) electrons. The molecule has 0 spiro atoms. The van der Waals surface area contributed by atoms with Gasteiger partial charge in [0.25, 0.3) is 5.91 Å². The van der Waals surface area contributed by atoms with Gasteiger partial charge in [0, 0.05) is 22.4 Å². The second-order valence-electron chi connectivity index (χ2n) is 6.45. The smallest absolute Gasteiger partial charge is 0.289 e. The van der Waals surface area contributed by atoms with Crippen LogP contribution in [0.15, 0.2) is 12.2 Å². The highest BCUT2D eigenvalue weighted by atomic mass is 16.2. The van der Waals surface area contributed by atoms with Crippen molar-refractivity contribution >= 4 is 23.5 Å². The van der Waals surface area contributed by atoms with Gasteiger partial charge in [0.15, 0.2) is 0 Å². The summed E-state index contributed by atoms with van der Waals surface area (Å²) in [4.78, 5) is 49.9. The van der Waals surface area contributed by atoms with Crippen LogP contribution < -0.4 is 10.6 Å². The number of carbonyl (C=O) groups excluding carboxylic acids is 4. The van der Waals surface area contributed by atoms with E-state index in [4.69, 9.17) is 0 Å². The van der Waals surface area contributed by atoms with Crippen molar-refractivity contribution in [2.75, 3.05) is 13.1 Å². The first-order chi connectivity index (χ1) is 12.9. The first kappa shape index (κ1) is 24.8. The Bertz CT molecular complexity index is 542. The van der Waals surface area contributed by atoms with Crippen LogP contribution in [0.25, 0.3) is 0 Å². The Kier molecular flexibility index (Phi) is 12.8. The third kappa shape index (κ3) is 8.37. The van der Waals surface area contributed by atoms with Crippen molar-refractivity contribution in [2.45, 2.75) is 78.8 Å². The zero-order valence-corrected chi connectivity index (χ0v) is 17.3. The van der Waals surface area contributed by atoms with Gasteiger partial charge in [-0.1, -0.05) is 52.7 Å². The van der Waals surface area contributed by atoms with Crippen molar-refractivity contribution in [3.63, 3.8) is 0 Å². The molecule has 1 rings (SSSR count). The third-order valence-corrected chi connectivity index (χ3v) is 3.78. The molecule has 2 N–H and O–H groups in total. The highest BCUT2D eigenvalue weighted by molar-refractivity contribution is 6.38. The lowest BCUT2D eigenvalue weighted by Crippen LogP contribution is -2.53. The van der Waals surface area contributed by atoms with E-state index in [1.54, 1.807) is 19.1 Å². The summed E-state index contributed by atoms with van der Waals surface area (Å²) >= 11 is 0. The fourth-order valence-corrected chi connectivity index (χ4v) is 2.58. The maximum atomic E-state index is 12.5. The number of nitrogens with zero attached hydrogens (tertiary/aromatic N) is 1. The number of carbonyl (C=O) groups is 4. The number of rotatable bonds is 9. The quantitative estimate of drug-likeness (QED) is 0.471. The third-order valence-electron chi connectivity index (χ3n) is 3.78. The van der Waals surface area contributed by atoms with E-state index < -0.39 is 29.7 Å². The lowest BCUT2D eigenvalue weighted by molar-refractivity contribution is -0.141. The molecule has 1 heterocycles. The number of hydrogen-bond acceptors (Lipinski definition) is 4. The molecule has 0 saturated heterocycles. The number of likely N-dealkylation sites (N-methyl/N-ethyl adjacent to an activating group) is 1. The van der Waals surface area contributed by atoms with Gasteiger partial charge in [-0.15, -0.1) is 0 Å². The maximum Gasteiger partial charge on any atom is 0.289 e. The molecular weight excluding hydrogens is 346 g/mol. The van der Waals surface area contributed by atoms with Gasteiger partial charge in [-0.05, 0) is 19.8 Å². The molecule has 0 aromatic heterocycles. The van der Waals surface area contributed by atoms with Crippen LogP contribution in [0.3, 0.4) is 0 Å². The number of amides is 3. The molecule has 0 aromatic carbocycles. The van der Waals surface area contributed by atoms with E-state index in [-0.39, 0.29) is 8.76 Å². The first-order valence-corrected chi connectivity index (χ1v) is 9.96. The Labute approximate surface area is 165 Å². The van der Waals surface area contributed by atoms with Gasteiger partial charge in [-0.3, -0.25) is 19.2 Å². The molecule has 0 bridgehead atoms. The Hall–Kier alpha value is -2.18. The van der Waals surface area contributed by atoms with Gasteiger partial charge in [0.2, 0.25) is 17.6 Å². The van der Waals surface area contributed by atoms with Crippen LogP contribution >= 0.6 is 0 Å². The summed E-state index contributed by atoms with van der Waals surface area (Å²) in [6, 6.07) is -1.59. The molecule has 3 amide bonds. The molecular formula is C20H39N3O4. The average Bonchev–Trinajstić information content (AvgIpc) is 3.12. The van der Waals surface area contributed by atoms with Crippen LogP contribution in [0, 0.1) is 0 Å². The van der Waals surface area contributed by atoms with E-state index >= 15 is 0 Å². The van der Waals surface area contributed by atoms with Gasteiger partial charge in [-0.2, -0.15) is 0 Å². The lowest BCUT2D eigenvalue weighted by Gasteiger charge is -2.25. The Morgan fingerprint density at radius 2 is 1.74 bits per heavy atom. The molecule has 2 atom stereocenters. The maximum absolute atomic E-state index is 12.5. The molecule has 2 unspecified atom stereocenters. The zero-order chi connectivity index (χ0) is 20.8. The molecule has 0 saturated carbocycles. The normalized spacial score (nSPS) is 16.2. The fraction of sp³-hybridized carbons (Fsp3) is 0.700. The average molecular weight is 386 g/mol. The van der Waals surface area contributed by atoms with Crippen molar-refractivity contribution < 1.29 is 22.0 Å². The predicted molar refractivity (Wildman–Crippen MR) is 110 cm³/mol. The molecule has 158 valence electrons. The van der Waals surface area contributed by atoms with Crippen LogP contribution in [0.4, 0.5) is 0 Å². The van der Waals surface area contributed by atoms with Crippen molar-refractivity contribution in [3.8, 4) is 0 Å². The minimum atomic E-state index is -0.869. The van der Waals surface area contributed by atoms with E-state index in [0.29, 0.717) is 38.8 Å². The molecule has 27 heavy (non-hydrogen) atoms. The summed E-state index contributed by atoms with van der Waals surface area (Å²) in [6.45, 7) is 10.5. The summed E-state index contributed by atoms with van der Waals surface area (Å²) in [5.74, 6) is -1.87. The topological polar surface area (TPSA) is 95.6 Å². The Morgan fingerprint density at radius 3 is 2.26 bits per heavy atom. The van der Waals surface area contributed by atoms with Gasteiger partial charge in [0.05, 0.1) is 6.04 Å². The van der Waals surface area contributed by atoms with Crippen LogP contribution in [0.5, 0.6) is 0 Å². The summed E-state index contributed by atoms with van der Waals surface area (Å²) in [6.07, 6.45) is 6.77. The number of hydrogen-bond donors (Lipinski definition) is 2. The molecule has 0 fully saturated rings. The van der Waals surface area contributed by atoms with Crippen LogP contribution in [-0.4, -0.2) is 53.6 Å². The van der Waals surface area contributed by atoms with Crippen LogP contribution in [-0.2, 0) is 19.2 Å². The van der Waals surface area contributed by atoms with E-state index in [0.717, 1.165) is 0 Å². The van der Waals surface area contributed by atoms with Crippen molar-refractivity contribution in [1.29, 1.82) is 0 Å². The minimum Gasteiger partial charge on any atom is -0.350 e. The predicted octanol–water partition coefficient (Wildman–Crippen LogP) is 2.45. The molecule has 7 heteroatoms. The zero-order valence-electron chi connectivity index (χ0n) is 17.3. The van der Waals surface area contributed by atoms with Gasteiger partial charge < -0.3 is 15.5 Å². The van der Waals surface area contributed by atoms with Gasteiger partial charge in [0.1, 0.15) is 6.04 Å². The SMILES string of the molecule is CCC.CCCC(=O)N1CC=CC1C(=O)NC(CCC)C(=O)C(=O)NCC.[HH].[HH]. The van der Waals surface area contributed by atoms with Crippen LogP contribution in [0.1, 0.15) is 69.6 Å². The second-order valence-corrected chi connectivity index (χ2v) is 6.45. The highest BCUT2D eigenvalue weighted by Gasteiger charge is 2.33. The monoisotopic (exact) mass is 385 g/mol. The van der Waals surface area contributed by atoms with Crippen molar-refractivity contribution in [3.05, 3.63) is 12.2 Å². The van der Waals surface area contributed by atoms with Gasteiger partial charge >= 0.3 is 0 Å². The molecule has 1 aliphatic rings. The fourth-order valence-electron chi connectivity index (χ4n) is 2.58. The number of Topliss-reactive ketones (excluding diaryl/α,β-unsaturated/α-hetero) is 1. The molecule has 7 nitrogen and oxygen atoms in total. The van der Waals surface area contributed by atoms with Crippen molar-refractivity contribution in [2.24, 2.45) is 0 Å². The van der Waals surface area contributed by atoms with E-state index in [1.165, 1.54) is 11.3 Å². The van der Waals surface area contributed by atoms with E-state index in [2.05, 4.69) is 24.5 Å². The van der Waals surface area contributed by atoms with Gasteiger partial charge in [-0.25, -0.2) is 0 Å². The highest BCUT2D eigenvalue weighted by Crippen LogP contribution is 2.13. The minimum absolute atomic E-state index is 0. The number of ketones is 1. The molecule has 0 aromatic rings. The summed E-state index contributed by atoms with van der Waals surface area (Å²) in [5.41, 5.74) is 0. The van der Waals surface area contributed by atoms with Crippen LogP contribution in [0.2, 0.25) is 0 Å². The molecule has 0 aliphatic carbocycles. The van der Waals surface area contributed by atoms with E-state index in [9.17, 15) is 19.2 Å². The van der Waals surface area contributed by atoms with Crippen molar-refractivity contribution in [1.82, 2.24) is 15.5 Å². The Morgan fingerprint density at radius 1 is 1.11 bits per heavy atom. The largest absolute Gasteiger partial charge is 0.350 e. The lowest BCUT2D eigenvalue weighted by atomic mass is 10.1. The number of nitrogens with one attached hydrogen (secondary N) is 2. The van der Waals surface area contributed by atoms with E-state index in [1.807, 2.05) is 13.8 Å². The standard InChI is InChI=1S/C17H27N3O4.C3H8.2H2/c1-4-8-12(15(22)17(24)18-6-3)19-16(23)13-10-7-11-20(13)14(21)9-5-2;1-3-2;;/h7,10,12-13H,4-6,8-9,11H2,1-3H3,(H,18,24)(H,19,23);3H2,1-2H3;2*1H.